The van der Waals surface area contributed by atoms with Gasteiger partial charge in [0.1, 0.15) is 0 Å². The molecule has 1 aliphatic rings. The van der Waals surface area contributed by atoms with E-state index in [9.17, 15) is 9.59 Å². The molecule has 2 rings (SSSR count). The summed E-state index contributed by atoms with van der Waals surface area (Å²) in [6, 6.07) is 10.1. The van der Waals surface area contributed by atoms with E-state index in [1.54, 1.807) is 11.8 Å². The maximum Gasteiger partial charge on any atom is 0.239 e. The zero-order chi connectivity index (χ0) is 17.7. The minimum Gasteiger partial charge on any atom is -0.339 e. The van der Waals surface area contributed by atoms with E-state index >= 15 is 0 Å². The van der Waals surface area contributed by atoms with Gasteiger partial charge >= 0.3 is 0 Å². The predicted molar refractivity (Wildman–Crippen MR) is 95.5 cm³/mol. The second-order valence-electron chi connectivity index (χ2n) is 6.85. The molecule has 2 amide bonds. The molecule has 2 unspecified atom stereocenters. The highest BCUT2D eigenvalue weighted by Gasteiger charge is 2.28. The fourth-order valence-electron chi connectivity index (χ4n) is 3.19. The Morgan fingerprint density at radius 1 is 0.958 bits per heavy atom. The van der Waals surface area contributed by atoms with Gasteiger partial charge in [0, 0.05) is 39.1 Å². The normalized spacial score (nSPS) is 17.7. The number of nitrogens with one attached hydrogen (secondary N) is 1. The Labute approximate surface area is 145 Å². The molecule has 1 saturated heterocycles. The number of benzene rings is 1. The highest BCUT2D eigenvalue weighted by Crippen LogP contribution is 2.22. The zero-order valence-corrected chi connectivity index (χ0v) is 15.2. The van der Waals surface area contributed by atoms with Gasteiger partial charge in [0.25, 0.3) is 0 Å². The lowest BCUT2D eigenvalue weighted by Gasteiger charge is -2.36. The van der Waals surface area contributed by atoms with Crippen LogP contribution in [0.4, 0.5) is 0 Å². The van der Waals surface area contributed by atoms with Crippen LogP contribution in [-0.2, 0) is 9.59 Å². The van der Waals surface area contributed by atoms with Crippen LogP contribution in [0.25, 0.3) is 0 Å². The van der Waals surface area contributed by atoms with Gasteiger partial charge in [-0.1, -0.05) is 44.2 Å². The van der Waals surface area contributed by atoms with Crippen LogP contribution in [0.3, 0.4) is 0 Å². The Balaban J connectivity index is 1.96. The van der Waals surface area contributed by atoms with E-state index in [1.165, 1.54) is 5.56 Å². The van der Waals surface area contributed by atoms with Gasteiger partial charge in [-0.2, -0.15) is 0 Å². The number of carbonyl (C=O) groups is 2. The fraction of sp³-hybridized carbons (Fsp3) is 0.579. The fourth-order valence-corrected chi connectivity index (χ4v) is 3.19. The van der Waals surface area contributed by atoms with Gasteiger partial charge in [-0.3, -0.25) is 14.9 Å². The van der Waals surface area contributed by atoms with Crippen LogP contribution in [0.1, 0.15) is 39.3 Å². The molecule has 0 spiro atoms. The molecule has 24 heavy (non-hydrogen) atoms. The minimum atomic E-state index is -0.249. The summed E-state index contributed by atoms with van der Waals surface area (Å²) in [6.45, 7) is 10.3. The summed E-state index contributed by atoms with van der Waals surface area (Å²) < 4.78 is 0. The lowest BCUT2D eigenvalue weighted by Crippen LogP contribution is -2.54. The van der Waals surface area contributed by atoms with Crippen LogP contribution >= 0.6 is 0 Å². The van der Waals surface area contributed by atoms with Crippen LogP contribution in [-0.4, -0.2) is 53.8 Å². The number of carbonyl (C=O) groups excluding carboxylic acids is 2. The standard InChI is InChI=1S/C19H29N3O2/c1-14(2)18(17-8-6-5-7-9-17)20-15(3)19(24)22-12-10-21(11-13-22)16(4)23/h5-9,14-15,18,20H,10-13H2,1-4H3. The highest BCUT2D eigenvalue weighted by molar-refractivity contribution is 5.82. The van der Waals surface area contributed by atoms with Crippen molar-refractivity contribution >= 4 is 11.8 Å². The number of piperazine rings is 1. The molecule has 5 nitrogen and oxygen atoms in total. The molecule has 0 aliphatic carbocycles. The molecular formula is C19H29N3O2. The summed E-state index contributed by atoms with van der Waals surface area (Å²) in [6.07, 6.45) is 0. The van der Waals surface area contributed by atoms with E-state index in [0.29, 0.717) is 32.1 Å². The van der Waals surface area contributed by atoms with Crippen LogP contribution < -0.4 is 5.32 Å². The van der Waals surface area contributed by atoms with Crippen molar-refractivity contribution in [2.24, 2.45) is 5.92 Å². The second-order valence-corrected chi connectivity index (χ2v) is 6.85. The third kappa shape index (κ3) is 4.57. The number of nitrogens with zero attached hydrogens (tertiary/aromatic N) is 2. The molecule has 0 aromatic heterocycles. The van der Waals surface area contributed by atoms with E-state index in [-0.39, 0.29) is 23.9 Å². The Bertz CT molecular complexity index is 551. The third-order valence-electron chi connectivity index (χ3n) is 4.66. The first kappa shape index (κ1) is 18.5. The molecule has 1 aromatic rings. The van der Waals surface area contributed by atoms with Gasteiger partial charge in [0.15, 0.2) is 0 Å². The van der Waals surface area contributed by atoms with Crippen molar-refractivity contribution in [3.8, 4) is 0 Å². The van der Waals surface area contributed by atoms with Crippen LogP contribution in [0.5, 0.6) is 0 Å². The van der Waals surface area contributed by atoms with Crippen LogP contribution in [0.2, 0.25) is 0 Å². The summed E-state index contributed by atoms with van der Waals surface area (Å²) in [4.78, 5) is 27.8. The first-order valence-electron chi connectivity index (χ1n) is 8.75. The van der Waals surface area contributed by atoms with Crippen molar-refractivity contribution < 1.29 is 9.59 Å². The molecule has 1 aromatic carbocycles. The molecule has 0 bridgehead atoms. The first-order chi connectivity index (χ1) is 11.4. The molecule has 1 aliphatic heterocycles. The van der Waals surface area contributed by atoms with Gasteiger partial charge in [0.05, 0.1) is 6.04 Å². The van der Waals surface area contributed by atoms with E-state index in [1.807, 2.05) is 30.0 Å². The average Bonchev–Trinajstić information content (AvgIpc) is 2.59. The minimum absolute atomic E-state index is 0.0808. The Morgan fingerprint density at radius 3 is 2.00 bits per heavy atom. The van der Waals surface area contributed by atoms with Gasteiger partial charge in [-0.15, -0.1) is 0 Å². The van der Waals surface area contributed by atoms with Crippen molar-refractivity contribution in [1.29, 1.82) is 0 Å². The van der Waals surface area contributed by atoms with Crippen molar-refractivity contribution in [2.75, 3.05) is 26.2 Å². The quantitative estimate of drug-likeness (QED) is 0.898. The second kappa shape index (κ2) is 8.29. The molecule has 0 radical (unpaired) electrons. The number of hydrogen-bond acceptors (Lipinski definition) is 3. The molecule has 1 fully saturated rings. The molecule has 1 N–H and O–H groups in total. The Kier molecular flexibility index (Phi) is 6.37. The van der Waals surface area contributed by atoms with E-state index in [4.69, 9.17) is 0 Å². The van der Waals surface area contributed by atoms with Crippen molar-refractivity contribution in [2.45, 2.75) is 39.8 Å². The van der Waals surface area contributed by atoms with E-state index in [0.717, 1.165) is 0 Å². The van der Waals surface area contributed by atoms with Gasteiger partial charge in [0.2, 0.25) is 11.8 Å². The smallest absolute Gasteiger partial charge is 0.239 e. The topological polar surface area (TPSA) is 52.7 Å². The molecule has 132 valence electrons. The first-order valence-corrected chi connectivity index (χ1v) is 8.75. The van der Waals surface area contributed by atoms with Crippen molar-refractivity contribution in [3.05, 3.63) is 35.9 Å². The lowest BCUT2D eigenvalue weighted by atomic mass is 9.95. The zero-order valence-electron chi connectivity index (χ0n) is 15.2. The summed E-state index contributed by atoms with van der Waals surface area (Å²) in [7, 11) is 0. The molecule has 2 atom stereocenters. The average molecular weight is 331 g/mol. The monoisotopic (exact) mass is 331 g/mol. The summed E-state index contributed by atoms with van der Waals surface area (Å²) in [5.74, 6) is 0.578. The molecule has 1 heterocycles. The number of hydrogen-bond donors (Lipinski definition) is 1. The highest BCUT2D eigenvalue weighted by atomic mass is 16.2. The van der Waals surface area contributed by atoms with Crippen LogP contribution in [0, 0.1) is 5.92 Å². The van der Waals surface area contributed by atoms with Crippen molar-refractivity contribution in [3.63, 3.8) is 0 Å². The SMILES string of the molecule is CC(=O)N1CCN(C(=O)C(C)NC(c2ccccc2)C(C)C)CC1. The van der Waals surface area contributed by atoms with Crippen LogP contribution in [0.15, 0.2) is 30.3 Å². The lowest BCUT2D eigenvalue weighted by molar-refractivity contribution is -0.139. The molecule has 0 saturated carbocycles. The molecular weight excluding hydrogens is 302 g/mol. The summed E-state index contributed by atoms with van der Waals surface area (Å²) in [5, 5.41) is 3.49. The van der Waals surface area contributed by atoms with Gasteiger partial charge in [-0.25, -0.2) is 0 Å². The summed E-state index contributed by atoms with van der Waals surface area (Å²) in [5.41, 5.74) is 1.20. The predicted octanol–water partition coefficient (Wildman–Crippen LogP) is 2.05. The Morgan fingerprint density at radius 2 is 1.50 bits per heavy atom. The summed E-state index contributed by atoms with van der Waals surface area (Å²) >= 11 is 0. The van der Waals surface area contributed by atoms with Gasteiger partial charge in [-0.05, 0) is 18.4 Å². The maximum absolute atomic E-state index is 12.7. The van der Waals surface area contributed by atoms with E-state index < -0.39 is 0 Å². The largest absolute Gasteiger partial charge is 0.339 e. The maximum atomic E-state index is 12.7. The number of rotatable bonds is 5. The van der Waals surface area contributed by atoms with Crippen molar-refractivity contribution in [1.82, 2.24) is 15.1 Å². The van der Waals surface area contributed by atoms with Gasteiger partial charge < -0.3 is 9.80 Å². The van der Waals surface area contributed by atoms with E-state index in [2.05, 4.69) is 31.3 Å². The third-order valence-corrected chi connectivity index (χ3v) is 4.66. The molecule has 5 heteroatoms. The number of amides is 2. The Hall–Kier alpha value is -1.88.